The fourth-order valence-corrected chi connectivity index (χ4v) is 5.20. The van der Waals surface area contributed by atoms with Crippen LogP contribution in [0.15, 0.2) is 60.9 Å². The summed E-state index contributed by atoms with van der Waals surface area (Å²) >= 11 is 0. The topological polar surface area (TPSA) is 50.2 Å². The standard InChI is InChI=1S/C24H28N4O.ClH/c29-23(24(11-14-25-15-12-24)28-16-4-13-26-28)27-17-9-20(10-18-27)22-8-3-6-19-5-1-2-7-21(19)22;/h1-8,13,16,20,25H,9-12,14-15,17-18H2;1H. The molecule has 3 heterocycles. The Kier molecular flexibility index (Phi) is 6.11. The van der Waals surface area contributed by atoms with Gasteiger partial charge in [0.05, 0.1) is 0 Å². The lowest BCUT2D eigenvalue weighted by atomic mass is 9.83. The highest BCUT2D eigenvalue weighted by Crippen LogP contribution is 2.36. The summed E-state index contributed by atoms with van der Waals surface area (Å²) in [5.74, 6) is 0.762. The zero-order valence-corrected chi connectivity index (χ0v) is 18.0. The summed E-state index contributed by atoms with van der Waals surface area (Å²) in [5.41, 5.74) is 0.903. The summed E-state index contributed by atoms with van der Waals surface area (Å²) < 4.78 is 1.91. The molecule has 30 heavy (non-hydrogen) atoms. The first kappa shape index (κ1) is 20.9. The van der Waals surface area contributed by atoms with Crippen LogP contribution in [0.25, 0.3) is 10.8 Å². The Morgan fingerprint density at radius 3 is 2.47 bits per heavy atom. The monoisotopic (exact) mass is 424 g/mol. The molecule has 0 spiro atoms. The smallest absolute Gasteiger partial charge is 0.250 e. The molecule has 5 nitrogen and oxygen atoms in total. The van der Waals surface area contributed by atoms with Crippen molar-refractivity contribution in [2.45, 2.75) is 37.1 Å². The number of halogens is 1. The van der Waals surface area contributed by atoms with Crippen molar-refractivity contribution < 1.29 is 4.79 Å². The molecule has 2 fully saturated rings. The third-order valence-corrected chi connectivity index (χ3v) is 6.82. The molecule has 0 aliphatic carbocycles. The lowest BCUT2D eigenvalue weighted by molar-refractivity contribution is -0.144. The van der Waals surface area contributed by atoms with Gasteiger partial charge >= 0.3 is 0 Å². The molecule has 2 aliphatic heterocycles. The molecule has 2 aromatic carbocycles. The van der Waals surface area contributed by atoms with Crippen LogP contribution in [0.4, 0.5) is 0 Å². The van der Waals surface area contributed by atoms with Gasteiger partial charge in [0.15, 0.2) is 0 Å². The van der Waals surface area contributed by atoms with E-state index in [1.807, 2.05) is 16.9 Å². The van der Waals surface area contributed by atoms with Gasteiger partial charge in [0.2, 0.25) is 0 Å². The van der Waals surface area contributed by atoms with Crippen molar-refractivity contribution in [1.82, 2.24) is 20.0 Å². The van der Waals surface area contributed by atoms with Crippen molar-refractivity contribution in [2.24, 2.45) is 0 Å². The van der Waals surface area contributed by atoms with Gasteiger partial charge in [-0.05, 0) is 67.1 Å². The second-order valence-electron chi connectivity index (χ2n) is 8.37. The van der Waals surface area contributed by atoms with Gasteiger partial charge in [-0.25, -0.2) is 0 Å². The van der Waals surface area contributed by atoms with E-state index in [2.05, 4.69) is 57.8 Å². The minimum absolute atomic E-state index is 0. The molecule has 2 aliphatic rings. The molecular weight excluding hydrogens is 396 g/mol. The number of rotatable bonds is 3. The number of carbonyl (C=O) groups excluding carboxylic acids is 1. The Balaban J connectivity index is 0.00000218. The van der Waals surface area contributed by atoms with Crippen LogP contribution < -0.4 is 5.32 Å². The Labute approximate surface area is 183 Å². The number of hydrogen-bond donors (Lipinski definition) is 1. The number of aromatic nitrogens is 2. The van der Waals surface area contributed by atoms with E-state index in [1.165, 1.54) is 16.3 Å². The molecule has 2 saturated heterocycles. The highest BCUT2D eigenvalue weighted by atomic mass is 35.5. The average molecular weight is 425 g/mol. The van der Waals surface area contributed by atoms with Crippen molar-refractivity contribution in [3.63, 3.8) is 0 Å². The first-order valence-electron chi connectivity index (χ1n) is 10.8. The van der Waals surface area contributed by atoms with Gasteiger partial charge in [0, 0.05) is 25.5 Å². The van der Waals surface area contributed by atoms with E-state index < -0.39 is 5.54 Å². The molecule has 158 valence electrons. The fraction of sp³-hybridized carbons (Fsp3) is 0.417. The number of carbonyl (C=O) groups is 1. The van der Waals surface area contributed by atoms with Crippen LogP contribution in [0.5, 0.6) is 0 Å². The Morgan fingerprint density at radius 2 is 1.73 bits per heavy atom. The maximum Gasteiger partial charge on any atom is 0.250 e. The fourth-order valence-electron chi connectivity index (χ4n) is 5.20. The second-order valence-corrected chi connectivity index (χ2v) is 8.37. The lowest BCUT2D eigenvalue weighted by Gasteiger charge is -2.42. The van der Waals surface area contributed by atoms with Crippen LogP contribution in [0.2, 0.25) is 0 Å². The highest BCUT2D eigenvalue weighted by Gasteiger charge is 2.45. The van der Waals surface area contributed by atoms with Gasteiger partial charge in [0.25, 0.3) is 5.91 Å². The van der Waals surface area contributed by atoms with E-state index in [4.69, 9.17) is 0 Å². The third kappa shape index (κ3) is 3.61. The summed E-state index contributed by atoms with van der Waals surface area (Å²) in [6, 6.07) is 17.2. The molecule has 0 radical (unpaired) electrons. The molecule has 0 atom stereocenters. The third-order valence-electron chi connectivity index (χ3n) is 6.82. The normalized spacial score (nSPS) is 19.4. The van der Waals surface area contributed by atoms with Crippen LogP contribution >= 0.6 is 12.4 Å². The van der Waals surface area contributed by atoms with Crippen molar-refractivity contribution in [3.05, 3.63) is 66.5 Å². The van der Waals surface area contributed by atoms with Crippen LogP contribution in [0.3, 0.4) is 0 Å². The van der Waals surface area contributed by atoms with Gasteiger partial charge in [-0.15, -0.1) is 12.4 Å². The Bertz CT molecular complexity index is 984. The number of amides is 1. The van der Waals surface area contributed by atoms with Gasteiger partial charge in [-0.3, -0.25) is 9.48 Å². The maximum absolute atomic E-state index is 13.7. The summed E-state index contributed by atoms with van der Waals surface area (Å²) in [7, 11) is 0. The number of benzene rings is 2. The van der Waals surface area contributed by atoms with E-state index in [0.29, 0.717) is 5.92 Å². The highest BCUT2D eigenvalue weighted by molar-refractivity contribution is 5.87. The quantitative estimate of drug-likeness (QED) is 0.692. The molecule has 3 aromatic rings. The number of nitrogens with one attached hydrogen (secondary N) is 1. The number of nitrogens with zero attached hydrogens (tertiary/aromatic N) is 3. The van der Waals surface area contributed by atoms with E-state index in [-0.39, 0.29) is 18.3 Å². The minimum atomic E-state index is -0.527. The molecule has 1 N–H and O–H groups in total. The van der Waals surface area contributed by atoms with Crippen LogP contribution in [-0.2, 0) is 10.3 Å². The molecule has 0 unspecified atom stereocenters. The summed E-state index contributed by atoms with van der Waals surface area (Å²) in [6.07, 6.45) is 7.38. The van der Waals surface area contributed by atoms with Gasteiger partial charge in [0.1, 0.15) is 5.54 Å². The molecule has 6 heteroatoms. The van der Waals surface area contributed by atoms with Crippen LogP contribution in [0, 0.1) is 0 Å². The second kappa shape index (κ2) is 8.78. The van der Waals surface area contributed by atoms with Gasteiger partial charge < -0.3 is 10.2 Å². The summed E-state index contributed by atoms with van der Waals surface area (Å²) in [4.78, 5) is 15.8. The van der Waals surface area contributed by atoms with Gasteiger partial charge in [-0.2, -0.15) is 5.10 Å². The van der Waals surface area contributed by atoms with E-state index in [0.717, 1.165) is 51.9 Å². The Hall–Kier alpha value is -2.37. The molecular formula is C24H29ClN4O. The Morgan fingerprint density at radius 1 is 1.00 bits per heavy atom. The molecule has 5 rings (SSSR count). The van der Waals surface area contributed by atoms with Crippen LogP contribution in [0.1, 0.15) is 37.2 Å². The van der Waals surface area contributed by atoms with Crippen molar-refractivity contribution in [2.75, 3.05) is 26.2 Å². The maximum atomic E-state index is 13.7. The minimum Gasteiger partial charge on any atom is -0.341 e. The van der Waals surface area contributed by atoms with Crippen molar-refractivity contribution in [3.8, 4) is 0 Å². The molecule has 0 saturated carbocycles. The number of piperidine rings is 2. The molecule has 1 aromatic heterocycles. The number of hydrogen-bond acceptors (Lipinski definition) is 3. The largest absolute Gasteiger partial charge is 0.341 e. The van der Waals surface area contributed by atoms with Crippen LogP contribution in [-0.4, -0.2) is 46.8 Å². The zero-order valence-electron chi connectivity index (χ0n) is 17.2. The van der Waals surface area contributed by atoms with E-state index in [1.54, 1.807) is 6.20 Å². The molecule has 0 bridgehead atoms. The van der Waals surface area contributed by atoms with Crippen molar-refractivity contribution in [1.29, 1.82) is 0 Å². The first-order chi connectivity index (χ1) is 14.3. The summed E-state index contributed by atoms with van der Waals surface area (Å²) in [6.45, 7) is 3.36. The summed E-state index contributed by atoms with van der Waals surface area (Å²) in [5, 5.41) is 10.5. The number of likely N-dealkylation sites (tertiary alicyclic amines) is 1. The predicted octanol–water partition coefficient (Wildman–Crippen LogP) is 3.94. The first-order valence-corrected chi connectivity index (χ1v) is 10.8. The van der Waals surface area contributed by atoms with Gasteiger partial charge in [-0.1, -0.05) is 42.5 Å². The van der Waals surface area contributed by atoms with E-state index >= 15 is 0 Å². The SMILES string of the molecule is Cl.O=C(N1CCC(c2cccc3ccccc23)CC1)C1(n2cccn2)CCNCC1. The van der Waals surface area contributed by atoms with Crippen molar-refractivity contribution >= 4 is 29.1 Å². The lowest BCUT2D eigenvalue weighted by Crippen LogP contribution is -2.56. The van der Waals surface area contributed by atoms with E-state index in [9.17, 15) is 4.79 Å². The molecule has 1 amide bonds. The zero-order chi connectivity index (χ0) is 19.7. The predicted molar refractivity (Wildman–Crippen MR) is 122 cm³/mol. The number of fused-ring (bicyclic) bond motifs is 1. The average Bonchev–Trinajstić information content (AvgIpc) is 3.34.